The lowest BCUT2D eigenvalue weighted by Crippen LogP contribution is -2.01. The number of fused-ring (bicyclic) bond motifs is 1. The first-order chi connectivity index (χ1) is 9.67. The molecule has 102 valence electrons. The van der Waals surface area contributed by atoms with E-state index in [2.05, 4.69) is 59.8 Å². The van der Waals surface area contributed by atoms with Gasteiger partial charge in [-0.1, -0.05) is 24.3 Å². The molecule has 2 N–H and O–H groups in total. The first kappa shape index (κ1) is 12.9. The third kappa shape index (κ3) is 2.32. The summed E-state index contributed by atoms with van der Waals surface area (Å²) in [5.41, 5.74) is 13.0. The average Bonchev–Trinajstić information content (AvgIpc) is 2.82. The van der Waals surface area contributed by atoms with Crippen molar-refractivity contribution in [3.8, 4) is 0 Å². The maximum absolute atomic E-state index is 5.70. The van der Waals surface area contributed by atoms with Gasteiger partial charge in [-0.25, -0.2) is 4.98 Å². The molecular weight excluding hydrogens is 246 g/mol. The fourth-order valence-corrected chi connectivity index (χ4v) is 2.49. The van der Waals surface area contributed by atoms with Gasteiger partial charge in [0.05, 0.1) is 17.4 Å². The van der Waals surface area contributed by atoms with Crippen LogP contribution in [0, 0.1) is 13.8 Å². The maximum Gasteiger partial charge on any atom is 0.0961 e. The fourth-order valence-electron chi connectivity index (χ4n) is 2.49. The molecule has 0 radical (unpaired) electrons. The minimum absolute atomic E-state index is 0.580. The van der Waals surface area contributed by atoms with Gasteiger partial charge in [-0.15, -0.1) is 0 Å². The van der Waals surface area contributed by atoms with Crippen LogP contribution in [0.5, 0.6) is 0 Å². The molecule has 0 saturated carbocycles. The zero-order chi connectivity index (χ0) is 14.1. The highest BCUT2D eigenvalue weighted by atomic mass is 15.0. The van der Waals surface area contributed by atoms with E-state index in [9.17, 15) is 0 Å². The van der Waals surface area contributed by atoms with Gasteiger partial charge in [-0.05, 0) is 48.2 Å². The van der Waals surface area contributed by atoms with Crippen molar-refractivity contribution in [3.63, 3.8) is 0 Å². The van der Waals surface area contributed by atoms with Crippen LogP contribution >= 0.6 is 0 Å². The molecule has 0 spiro atoms. The van der Waals surface area contributed by atoms with Crippen LogP contribution in [0.4, 0.5) is 0 Å². The van der Waals surface area contributed by atoms with Gasteiger partial charge >= 0.3 is 0 Å². The normalized spacial score (nSPS) is 11.2. The second kappa shape index (κ2) is 5.10. The summed E-state index contributed by atoms with van der Waals surface area (Å²) in [7, 11) is 0. The summed E-state index contributed by atoms with van der Waals surface area (Å²) in [4.78, 5) is 4.50. The molecule has 0 aliphatic carbocycles. The number of hydrogen-bond acceptors (Lipinski definition) is 2. The van der Waals surface area contributed by atoms with E-state index in [-0.39, 0.29) is 0 Å². The lowest BCUT2D eigenvalue weighted by Gasteiger charge is -2.07. The van der Waals surface area contributed by atoms with Crippen LogP contribution in [0.3, 0.4) is 0 Å². The highest BCUT2D eigenvalue weighted by Gasteiger charge is 2.05. The Balaban J connectivity index is 2.00. The number of benzene rings is 2. The lowest BCUT2D eigenvalue weighted by atomic mass is 10.1. The largest absolute Gasteiger partial charge is 0.326 e. The molecule has 0 unspecified atom stereocenters. The summed E-state index contributed by atoms with van der Waals surface area (Å²) >= 11 is 0. The second-order valence-electron chi connectivity index (χ2n) is 5.32. The number of aromatic nitrogens is 2. The SMILES string of the molecule is Cc1cc2ncn(Cc3cccc(CN)c3)c2cc1C. The Morgan fingerprint density at radius 3 is 2.60 bits per heavy atom. The molecule has 0 fully saturated rings. The summed E-state index contributed by atoms with van der Waals surface area (Å²) in [6, 6.07) is 12.8. The van der Waals surface area contributed by atoms with Gasteiger partial charge in [-0.3, -0.25) is 0 Å². The molecule has 1 heterocycles. The van der Waals surface area contributed by atoms with Gasteiger partial charge in [0.1, 0.15) is 0 Å². The Labute approximate surface area is 119 Å². The number of nitrogens with zero attached hydrogens (tertiary/aromatic N) is 2. The van der Waals surface area contributed by atoms with E-state index in [0.29, 0.717) is 6.54 Å². The van der Waals surface area contributed by atoms with E-state index in [1.165, 1.54) is 27.8 Å². The second-order valence-corrected chi connectivity index (χ2v) is 5.32. The third-order valence-electron chi connectivity index (χ3n) is 3.82. The Bertz CT molecular complexity index is 756. The third-order valence-corrected chi connectivity index (χ3v) is 3.82. The monoisotopic (exact) mass is 265 g/mol. The van der Waals surface area contributed by atoms with Crippen molar-refractivity contribution in [1.29, 1.82) is 0 Å². The van der Waals surface area contributed by atoms with E-state index in [1.54, 1.807) is 0 Å². The van der Waals surface area contributed by atoms with Gasteiger partial charge in [-0.2, -0.15) is 0 Å². The molecule has 3 heteroatoms. The molecule has 3 aromatic rings. The molecule has 0 saturated heterocycles. The molecule has 0 atom stereocenters. The van der Waals surface area contributed by atoms with Gasteiger partial charge in [0.25, 0.3) is 0 Å². The molecular formula is C17H19N3. The zero-order valence-electron chi connectivity index (χ0n) is 11.9. The highest BCUT2D eigenvalue weighted by molar-refractivity contribution is 5.77. The number of nitrogens with two attached hydrogens (primary N) is 1. The standard InChI is InChI=1S/C17H19N3/c1-12-6-16-17(7-13(12)2)20(11-19-16)10-15-5-3-4-14(8-15)9-18/h3-8,11H,9-10,18H2,1-2H3. The van der Waals surface area contributed by atoms with Crippen LogP contribution in [0.2, 0.25) is 0 Å². The minimum Gasteiger partial charge on any atom is -0.326 e. The van der Waals surface area contributed by atoms with E-state index < -0.39 is 0 Å². The van der Waals surface area contributed by atoms with Crippen LogP contribution in [0.15, 0.2) is 42.7 Å². The summed E-state index contributed by atoms with van der Waals surface area (Å²) in [5, 5.41) is 0. The summed E-state index contributed by atoms with van der Waals surface area (Å²) in [6.07, 6.45) is 1.92. The molecule has 3 nitrogen and oxygen atoms in total. The molecule has 0 aliphatic heterocycles. The van der Waals surface area contributed by atoms with Crippen LogP contribution in [0.1, 0.15) is 22.3 Å². The van der Waals surface area contributed by atoms with Gasteiger partial charge < -0.3 is 10.3 Å². The minimum atomic E-state index is 0.580. The molecule has 0 bridgehead atoms. The van der Waals surface area contributed by atoms with Crippen LogP contribution in [-0.2, 0) is 13.1 Å². The van der Waals surface area contributed by atoms with Gasteiger partial charge in [0, 0.05) is 13.1 Å². The smallest absolute Gasteiger partial charge is 0.0961 e. The maximum atomic E-state index is 5.70. The predicted octanol–water partition coefficient (Wildman–Crippen LogP) is 3.16. The molecule has 0 aliphatic rings. The summed E-state index contributed by atoms with van der Waals surface area (Å²) < 4.78 is 2.19. The predicted molar refractivity (Wildman–Crippen MR) is 82.6 cm³/mol. The van der Waals surface area contributed by atoms with Crippen LogP contribution in [0.25, 0.3) is 11.0 Å². The number of aryl methyl sites for hydroxylation is 2. The zero-order valence-corrected chi connectivity index (χ0v) is 11.9. The van der Waals surface area contributed by atoms with E-state index in [4.69, 9.17) is 5.73 Å². The van der Waals surface area contributed by atoms with Gasteiger partial charge in [0.15, 0.2) is 0 Å². The summed E-state index contributed by atoms with van der Waals surface area (Å²) in [6.45, 7) is 5.67. The molecule has 2 aromatic carbocycles. The molecule has 0 amide bonds. The van der Waals surface area contributed by atoms with Crippen molar-refractivity contribution in [2.75, 3.05) is 0 Å². The average molecular weight is 265 g/mol. The Kier molecular flexibility index (Phi) is 3.28. The van der Waals surface area contributed by atoms with Crippen molar-refractivity contribution >= 4 is 11.0 Å². The van der Waals surface area contributed by atoms with Crippen LogP contribution < -0.4 is 5.73 Å². The Hall–Kier alpha value is -2.13. The lowest BCUT2D eigenvalue weighted by molar-refractivity contribution is 0.821. The topological polar surface area (TPSA) is 43.8 Å². The Morgan fingerprint density at radius 1 is 1.05 bits per heavy atom. The first-order valence-corrected chi connectivity index (χ1v) is 6.87. The number of rotatable bonds is 3. The Morgan fingerprint density at radius 2 is 1.80 bits per heavy atom. The number of imidazole rings is 1. The van der Waals surface area contributed by atoms with E-state index >= 15 is 0 Å². The highest BCUT2D eigenvalue weighted by Crippen LogP contribution is 2.19. The molecule has 3 rings (SSSR count). The quantitative estimate of drug-likeness (QED) is 0.790. The molecule has 1 aromatic heterocycles. The van der Waals surface area contributed by atoms with Gasteiger partial charge in [0.2, 0.25) is 0 Å². The van der Waals surface area contributed by atoms with E-state index in [1.807, 2.05) is 6.33 Å². The van der Waals surface area contributed by atoms with Crippen molar-refractivity contribution in [3.05, 3.63) is 65.0 Å². The van der Waals surface area contributed by atoms with Crippen molar-refractivity contribution in [2.24, 2.45) is 5.73 Å². The van der Waals surface area contributed by atoms with Crippen molar-refractivity contribution in [2.45, 2.75) is 26.9 Å². The van der Waals surface area contributed by atoms with Crippen molar-refractivity contribution < 1.29 is 0 Å². The number of hydrogen-bond donors (Lipinski definition) is 1. The van der Waals surface area contributed by atoms with Crippen molar-refractivity contribution in [1.82, 2.24) is 9.55 Å². The fraction of sp³-hybridized carbons (Fsp3) is 0.235. The van der Waals surface area contributed by atoms with Crippen LogP contribution in [-0.4, -0.2) is 9.55 Å². The first-order valence-electron chi connectivity index (χ1n) is 6.87. The van der Waals surface area contributed by atoms with E-state index in [0.717, 1.165) is 12.1 Å². The molecule has 20 heavy (non-hydrogen) atoms. The summed E-state index contributed by atoms with van der Waals surface area (Å²) in [5.74, 6) is 0.